The van der Waals surface area contributed by atoms with Crippen LogP contribution in [0.15, 0.2) is 18.2 Å². The van der Waals surface area contributed by atoms with Gasteiger partial charge < -0.3 is 9.84 Å². The fraction of sp³-hybridized carbons (Fsp3) is 0.417. The van der Waals surface area contributed by atoms with Crippen LogP contribution in [0.1, 0.15) is 18.5 Å². The first-order valence-corrected chi connectivity index (χ1v) is 5.69. The molecule has 0 radical (unpaired) electrons. The zero-order chi connectivity index (χ0) is 15.3. The molecule has 112 valence electrons. The maximum Gasteiger partial charge on any atom is 0.401 e. The van der Waals surface area contributed by atoms with Crippen molar-refractivity contribution in [2.45, 2.75) is 19.1 Å². The number of esters is 1. The van der Waals surface area contributed by atoms with Crippen molar-refractivity contribution in [3.63, 3.8) is 0 Å². The first-order valence-electron chi connectivity index (χ1n) is 5.69. The van der Waals surface area contributed by atoms with Gasteiger partial charge >= 0.3 is 12.1 Å². The number of ether oxygens (including phenoxy) is 1. The van der Waals surface area contributed by atoms with Gasteiger partial charge in [-0.25, -0.2) is 9.18 Å². The van der Waals surface area contributed by atoms with Crippen molar-refractivity contribution < 1.29 is 32.2 Å². The number of carbonyl (C=O) groups is 1. The van der Waals surface area contributed by atoms with E-state index >= 15 is 0 Å². The fourth-order valence-corrected chi connectivity index (χ4v) is 1.52. The topological polar surface area (TPSA) is 58.6 Å². The lowest BCUT2D eigenvalue weighted by Crippen LogP contribution is -2.37. The van der Waals surface area contributed by atoms with Gasteiger partial charge in [-0.15, -0.1) is 0 Å². The minimum absolute atomic E-state index is 0.0564. The SMILES string of the molecule is CCOC(=O)C(NCC(F)(F)F)c1cc(F)ccc1O. The summed E-state index contributed by atoms with van der Waals surface area (Å²) in [6.45, 7) is -0.0598. The summed E-state index contributed by atoms with van der Waals surface area (Å²) in [7, 11) is 0. The molecule has 0 bridgehead atoms. The Morgan fingerprint density at radius 3 is 2.65 bits per heavy atom. The number of phenolic OH excluding ortho intramolecular Hbond substituents is 1. The predicted octanol–water partition coefficient (Wildman–Crippen LogP) is 2.29. The van der Waals surface area contributed by atoms with Crippen LogP contribution >= 0.6 is 0 Å². The summed E-state index contributed by atoms with van der Waals surface area (Å²) in [5.41, 5.74) is -0.312. The monoisotopic (exact) mass is 295 g/mol. The Morgan fingerprint density at radius 1 is 1.45 bits per heavy atom. The lowest BCUT2D eigenvalue weighted by Gasteiger charge is -2.19. The Balaban J connectivity index is 3.03. The van der Waals surface area contributed by atoms with Gasteiger partial charge in [0.25, 0.3) is 0 Å². The molecule has 0 aromatic heterocycles. The number of carbonyl (C=O) groups excluding carboxylic acids is 1. The molecule has 4 nitrogen and oxygen atoms in total. The Morgan fingerprint density at radius 2 is 2.10 bits per heavy atom. The van der Waals surface area contributed by atoms with Gasteiger partial charge in [0.1, 0.15) is 17.6 Å². The molecule has 20 heavy (non-hydrogen) atoms. The Hall–Kier alpha value is -1.83. The van der Waals surface area contributed by atoms with E-state index in [1.165, 1.54) is 6.92 Å². The summed E-state index contributed by atoms with van der Waals surface area (Å²) >= 11 is 0. The minimum atomic E-state index is -4.56. The summed E-state index contributed by atoms with van der Waals surface area (Å²) < 4.78 is 54.4. The number of nitrogens with one attached hydrogen (secondary N) is 1. The van der Waals surface area contributed by atoms with Gasteiger partial charge in [0, 0.05) is 5.56 Å². The van der Waals surface area contributed by atoms with Crippen molar-refractivity contribution in [3.8, 4) is 5.75 Å². The lowest BCUT2D eigenvalue weighted by molar-refractivity contribution is -0.149. The zero-order valence-electron chi connectivity index (χ0n) is 10.5. The predicted molar refractivity (Wildman–Crippen MR) is 61.5 cm³/mol. The van der Waals surface area contributed by atoms with Crippen molar-refractivity contribution in [1.82, 2.24) is 5.32 Å². The Kier molecular flexibility index (Phi) is 5.32. The molecule has 8 heteroatoms. The summed E-state index contributed by atoms with van der Waals surface area (Å²) in [5.74, 6) is -2.32. The van der Waals surface area contributed by atoms with Crippen molar-refractivity contribution in [2.75, 3.05) is 13.2 Å². The molecule has 0 heterocycles. The number of rotatable bonds is 5. The van der Waals surface area contributed by atoms with E-state index in [9.17, 15) is 27.5 Å². The molecule has 2 N–H and O–H groups in total. The molecule has 0 saturated carbocycles. The van der Waals surface area contributed by atoms with E-state index in [2.05, 4.69) is 4.74 Å². The number of halogens is 4. The number of hydrogen-bond donors (Lipinski definition) is 2. The lowest BCUT2D eigenvalue weighted by atomic mass is 10.1. The molecule has 1 unspecified atom stereocenters. The number of alkyl halides is 3. The Bertz CT molecular complexity index is 476. The van der Waals surface area contributed by atoms with Gasteiger partial charge in [-0.1, -0.05) is 0 Å². The molecule has 0 aliphatic carbocycles. The van der Waals surface area contributed by atoms with Gasteiger partial charge in [-0.3, -0.25) is 5.32 Å². The number of benzene rings is 1. The summed E-state index contributed by atoms with van der Waals surface area (Å²) in [6, 6.07) is 1.05. The zero-order valence-corrected chi connectivity index (χ0v) is 10.5. The quantitative estimate of drug-likeness (QED) is 0.646. The van der Waals surface area contributed by atoms with Crippen LogP contribution in [0.2, 0.25) is 0 Å². The van der Waals surface area contributed by atoms with Gasteiger partial charge in [0.15, 0.2) is 0 Å². The van der Waals surface area contributed by atoms with Crippen LogP contribution < -0.4 is 5.32 Å². The molecular formula is C12H13F4NO3. The van der Waals surface area contributed by atoms with Crippen LogP contribution in [0.4, 0.5) is 17.6 Å². The highest BCUT2D eigenvalue weighted by Crippen LogP contribution is 2.27. The highest BCUT2D eigenvalue weighted by atomic mass is 19.4. The normalized spacial score (nSPS) is 13.1. The first-order chi connectivity index (χ1) is 9.24. The van der Waals surface area contributed by atoms with Crippen molar-refractivity contribution in [1.29, 1.82) is 0 Å². The average Bonchev–Trinajstić information content (AvgIpc) is 2.32. The van der Waals surface area contributed by atoms with E-state index < -0.39 is 36.3 Å². The van der Waals surface area contributed by atoms with E-state index in [0.29, 0.717) is 0 Å². The summed E-state index contributed by atoms with van der Waals surface area (Å²) in [6.07, 6.45) is -4.56. The van der Waals surface area contributed by atoms with Crippen molar-refractivity contribution in [3.05, 3.63) is 29.6 Å². The van der Waals surface area contributed by atoms with Crippen LogP contribution in [-0.2, 0) is 9.53 Å². The van der Waals surface area contributed by atoms with E-state index in [0.717, 1.165) is 18.2 Å². The van der Waals surface area contributed by atoms with E-state index in [1.54, 1.807) is 0 Å². The summed E-state index contributed by atoms with van der Waals surface area (Å²) in [4.78, 5) is 11.6. The van der Waals surface area contributed by atoms with Crippen LogP contribution in [0.5, 0.6) is 5.75 Å². The molecular weight excluding hydrogens is 282 g/mol. The standard InChI is InChI=1S/C12H13F4NO3/c1-2-20-11(19)10(17-6-12(14,15)16)8-5-7(13)3-4-9(8)18/h3-5,10,17-18H,2,6H2,1H3. The molecule has 1 aromatic carbocycles. The molecule has 1 atom stereocenters. The smallest absolute Gasteiger partial charge is 0.401 e. The third-order valence-corrected chi connectivity index (χ3v) is 2.33. The van der Waals surface area contributed by atoms with Crippen molar-refractivity contribution in [2.24, 2.45) is 0 Å². The third-order valence-electron chi connectivity index (χ3n) is 2.33. The fourth-order valence-electron chi connectivity index (χ4n) is 1.52. The maximum atomic E-state index is 13.1. The number of hydrogen-bond acceptors (Lipinski definition) is 4. The van der Waals surface area contributed by atoms with Crippen LogP contribution in [0, 0.1) is 5.82 Å². The van der Waals surface area contributed by atoms with Crippen LogP contribution in [0.25, 0.3) is 0 Å². The average molecular weight is 295 g/mol. The van der Waals surface area contributed by atoms with E-state index in [1.807, 2.05) is 5.32 Å². The highest BCUT2D eigenvalue weighted by Gasteiger charge is 2.32. The largest absolute Gasteiger partial charge is 0.508 e. The van der Waals surface area contributed by atoms with Crippen LogP contribution in [0.3, 0.4) is 0 Å². The first kappa shape index (κ1) is 16.2. The molecule has 0 amide bonds. The van der Waals surface area contributed by atoms with Crippen molar-refractivity contribution >= 4 is 5.97 Å². The molecule has 0 aliphatic heterocycles. The summed E-state index contributed by atoms with van der Waals surface area (Å²) in [5, 5.41) is 11.5. The number of phenols is 1. The van der Waals surface area contributed by atoms with Gasteiger partial charge in [-0.2, -0.15) is 13.2 Å². The van der Waals surface area contributed by atoms with Gasteiger partial charge in [-0.05, 0) is 25.1 Å². The maximum absolute atomic E-state index is 13.1. The second-order valence-corrected chi connectivity index (χ2v) is 3.88. The van der Waals surface area contributed by atoms with Crippen LogP contribution in [-0.4, -0.2) is 30.4 Å². The molecule has 0 spiro atoms. The number of aromatic hydroxyl groups is 1. The van der Waals surface area contributed by atoms with E-state index in [4.69, 9.17) is 0 Å². The molecule has 1 aromatic rings. The Labute approximate surface area is 112 Å². The molecule has 1 rings (SSSR count). The minimum Gasteiger partial charge on any atom is -0.508 e. The molecule has 0 fully saturated rings. The van der Waals surface area contributed by atoms with Gasteiger partial charge in [0.05, 0.1) is 13.2 Å². The molecule has 0 aliphatic rings. The second kappa shape index (κ2) is 6.56. The third kappa shape index (κ3) is 4.69. The van der Waals surface area contributed by atoms with E-state index in [-0.39, 0.29) is 12.2 Å². The highest BCUT2D eigenvalue weighted by molar-refractivity contribution is 5.78. The molecule has 0 saturated heterocycles. The van der Waals surface area contributed by atoms with Gasteiger partial charge in [0.2, 0.25) is 0 Å². The second-order valence-electron chi connectivity index (χ2n) is 3.88.